The highest BCUT2D eigenvalue weighted by Crippen LogP contribution is 2.42. The lowest BCUT2D eigenvalue weighted by Gasteiger charge is -2.36. The van der Waals surface area contributed by atoms with Crippen LogP contribution in [0.2, 0.25) is 0 Å². The number of benzene rings is 2. The molecule has 0 spiro atoms. The Hall–Kier alpha value is -1.64. The second-order valence-electron chi connectivity index (χ2n) is 7.92. The van der Waals surface area contributed by atoms with E-state index in [4.69, 9.17) is 0 Å². The van der Waals surface area contributed by atoms with Crippen LogP contribution in [0.3, 0.4) is 0 Å². The van der Waals surface area contributed by atoms with Gasteiger partial charge in [0.2, 0.25) is 0 Å². The van der Waals surface area contributed by atoms with Crippen LogP contribution in [-0.4, -0.2) is 16.0 Å². The van der Waals surface area contributed by atoms with E-state index in [0.717, 1.165) is 51.4 Å². The second kappa shape index (κ2) is 8.83. The molecule has 26 heavy (non-hydrogen) atoms. The summed E-state index contributed by atoms with van der Waals surface area (Å²) in [4.78, 5) is 0. The van der Waals surface area contributed by atoms with Crippen molar-refractivity contribution in [1.82, 2.24) is 0 Å². The van der Waals surface area contributed by atoms with Crippen molar-refractivity contribution in [2.75, 3.05) is 0 Å². The monoisotopic (exact) mass is 352 g/mol. The van der Waals surface area contributed by atoms with Gasteiger partial charge in [-0.3, -0.25) is 0 Å². The molecule has 2 aromatic carbocycles. The highest BCUT2D eigenvalue weighted by Gasteiger charge is 2.33. The van der Waals surface area contributed by atoms with Gasteiger partial charge in [0, 0.05) is 18.3 Å². The summed E-state index contributed by atoms with van der Waals surface area (Å²) in [6.45, 7) is 0. The van der Waals surface area contributed by atoms with Crippen molar-refractivity contribution in [2.24, 2.45) is 0 Å². The molecule has 0 aliphatic heterocycles. The minimum Gasteiger partial charge on any atom is -0.366 e. The maximum Gasteiger partial charge on any atom is 0.162 e. The molecule has 1 saturated carbocycles. The summed E-state index contributed by atoms with van der Waals surface area (Å²) in [6, 6.07) is 21.9. The van der Waals surface area contributed by atoms with Crippen molar-refractivity contribution in [3.8, 4) is 0 Å². The Morgan fingerprint density at radius 1 is 0.500 bits per heavy atom. The maximum atomic E-state index is 10.1. The fourth-order valence-corrected chi connectivity index (χ4v) is 4.53. The third-order valence-electron chi connectivity index (χ3n) is 6.01. The zero-order valence-electron chi connectivity index (χ0n) is 15.7. The van der Waals surface area contributed by atoms with E-state index in [1.165, 1.54) is 11.1 Å². The van der Waals surface area contributed by atoms with Crippen LogP contribution in [0.5, 0.6) is 0 Å². The van der Waals surface area contributed by atoms with Crippen LogP contribution in [-0.2, 0) is 5.41 Å². The Balaban J connectivity index is 1.89. The molecule has 2 heteroatoms. The molecule has 2 nitrogen and oxygen atoms in total. The molecule has 1 aliphatic rings. The van der Waals surface area contributed by atoms with Crippen LogP contribution in [0.4, 0.5) is 0 Å². The van der Waals surface area contributed by atoms with E-state index < -0.39 is 5.79 Å². The molecule has 140 valence electrons. The molecule has 0 heterocycles. The van der Waals surface area contributed by atoms with Crippen LogP contribution in [0.25, 0.3) is 0 Å². The first-order valence-electron chi connectivity index (χ1n) is 10.2. The normalized spacial score (nSPS) is 21.3. The number of aliphatic hydroxyl groups is 2. The summed E-state index contributed by atoms with van der Waals surface area (Å²) >= 11 is 0. The molecule has 0 unspecified atom stereocenters. The first-order valence-corrected chi connectivity index (χ1v) is 10.2. The third-order valence-corrected chi connectivity index (χ3v) is 6.01. The van der Waals surface area contributed by atoms with E-state index in [1.54, 1.807) is 0 Å². The summed E-state index contributed by atoms with van der Waals surface area (Å²) in [6.07, 6.45) is 9.30. The van der Waals surface area contributed by atoms with E-state index in [9.17, 15) is 10.2 Å². The fraction of sp³-hybridized carbons (Fsp3) is 0.500. The molecule has 2 aromatic rings. The van der Waals surface area contributed by atoms with Crippen LogP contribution >= 0.6 is 0 Å². The van der Waals surface area contributed by atoms with Gasteiger partial charge in [0.05, 0.1) is 0 Å². The lowest BCUT2D eigenvalue weighted by molar-refractivity contribution is -0.172. The van der Waals surface area contributed by atoms with E-state index in [1.807, 2.05) is 0 Å². The Morgan fingerprint density at radius 2 is 0.885 bits per heavy atom. The molecular formula is C24H32O2. The average molecular weight is 353 g/mol. The van der Waals surface area contributed by atoms with Crippen molar-refractivity contribution in [3.05, 3.63) is 71.8 Å². The van der Waals surface area contributed by atoms with Crippen molar-refractivity contribution in [3.63, 3.8) is 0 Å². The molecule has 0 radical (unpaired) electrons. The molecular weight excluding hydrogens is 320 g/mol. The molecule has 2 N–H and O–H groups in total. The SMILES string of the molecule is OC1(O)CCCCCC(c2ccccc2)(c2ccccc2)CCCCC1. The number of hydrogen-bond acceptors (Lipinski definition) is 2. The third kappa shape index (κ3) is 4.75. The van der Waals surface area contributed by atoms with E-state index in [-0.39, 0.29) is 5.41 Å². The van der Waals surface area contributed by atoms with Gasteiger partial charge in [-0.15, -0.1) is 0 Å². The van der Waals surface area contributed by atoms with Crippen LogP contribution in [0.1, 0.15) is 75.3 Å². The summed E-state index contributed by atoms with van der Waals surface area (Å²) in [5, 5.41) is 20.1. The van der Waals surface area contributed by atoms with Gasteiger partial charge in [0.15, 0.2) is 5.79 Å². The quantitative estimate of drug-likeness (QED) is 0.694. The van der Waals surface area contributed by atoms with Gasteiger partial charge in [-0.25, -0.2) is 0 Å². The predicted molar refractivity (Wildman–Crippen MR) is 107 cm³/mol. The maximum absolute atomic E-state index is 10.1. The predicted octanol–water partition coefficient (Wildman–Crippen LogP) is 5.57. The number of rotatable bonds is 2. The molecule has 0 saturated heterocycles. The molecule has 0 bridgehead atoms. The molecule has 0 atom stereocenters. The van der Waals surface area contributed by atoms with E-state index in [0.29, 0.717) is 12.8 Å². The van der Waals surface area contributed by atoms with Crippen molar-refractivity contribution in [1.29, 1.82) is 0 Å². The highest BCUT2D eigenvalue weighted by molar-refractivity contribution is 5.39. The molecule has 3 rings (SSSR count). The van der Waals surface area contributed by atoms with Gasteiger partial charge in [-0.05, 0) is 36.8 Å². The van der Waals surface area contributed by atoms with Crippen molar-refractivity contribution >= 4 is 0 Å². The zero-order valence-corrected chi connectivity index (χ0v) is 15.7. The molecule has 0 aromatic heterocycles. The van der Waals surface area contributed by atoms with Crippen LogP contribution in [0, 0.1) is 0 Å². The van der Waals surface area contributed by atoms with Crippen molar-refractivity contribution < 1.29 is 10.2 Å². The summed E-state index contributed by atoms with van der Waals surface area (Å²) in [7, 11) is 0. The standard InChI is InChI=1S/C24H32O2/c25-24(26)19-11-3-9-17-23(18-10-4-12-20-24,21-13-5-1-6-14-21)22-15-7-2-8-16-22/h1-2,5-8,13-16,25-26H,3-4,9-12,17-20H2. The second-order valence-corrected chi connectivity index (χ2v) is 7.92. The Morgan fingerprint density at radius 3 is 1.31 bits per heavy atom. The van der Waals surface area contributed by atoms with Crippen LogP contribution in [0.15, 0.2) is 60.7 Å². The van der Waals surface area contributed by atoms with Gasteiger partial charge in [-0.2, -0.15) is 0 Å². The molecule has 1 aliphatic carbocycles. The highest BCUT2D eigenvalue weighted by atomic mass is 16.5. The topological polar surface area (TPSA) is 40.5 Å². The zero-order chi connectivity index (χ0) is 18.3. The molecule has 1 fully saturated rings. The lowest BCUT2D eigenvalue weighted by Crippen LogP contribution is -2.30. The van der Waals surface area contributed by atoms with Gasteiger partial charge in [-0.1, -0.05) is 86.3 Å². The lowest BCUT2D eigenvalue weighted by atomic mass is 9.67. The van der Waals surface area contributed by atoms with Crippen LogP contribution < -0.4 is 0 Å². The summed E-state index contributed by atoms with van der Waals surface area (Å²) < 4.78 is 0. The van der Waals surface area contributed by atoms with Crippen molar-refractivity contribution in [2.45, 2.75) is 75.4 Å². The minimum absolute atomic E-state index is 0.0667. The van der Waals surface area contributed by atoms with Gasteiger partial charge >= 0.3 is 0 Å². The first kappa shape index (κ1) is 19.1. The van der Waals surface area contributed by atoms with Gasteiger partial charge in [0.25, 0.3) is 0 Å². The Bertz CT molecular complexity index is 591. The smallest absolute Gasteiger partial charge is 0.162 e. The van der Waals surface area contributed by atoms with E-state index in [2.05, 4.69) is 60.7 Å². The van der Waals surface area contributed by atoms with E-state index >= 15 is 0 Å². The number of hydrogen-bond donors (Lipinski definition) is 2. The Labute approximate surface area is 157 Å². The largest absolute Gasteiger partial charge is 0.366 e. The Kier molecular flexibility index (Phi) is 6.50. The first-order chi connectivity index (χ1) is 12.6. The average Bonchev–Trinajstić information content (AvgIpc) is 2.66. The molecule has 0 amide bonds. The summed E-state index contributed by atoms with van der Waals surface area (Å²) in [5.74, 6) is -1.46. The van der Waals surface area contributed by atoms with Gasteiger partial charge in [0.1, 0.15) is 0 Å². The summed E-state index contributed by atoms with van der Waals surface area (Å²) in [5.41, 5.74) is 2.90. The fourth-order valence-electron chi connectivity index (χ4n) is 4.53. The minimum atomic E-state index is -1.46. The van der Waals surface area contributed by atoms with Gasteiger partial charge < -0.3 is 10.2 Å².